The molecule has 5 rings (SSSR count). The van der Waals surface area contributed by atoms with E-state index in [1.807, 2.05) is 18.7 Å². The van der Waals surface area contributed by atoms with Crippen molar-refractivity contribution in [3.05, 3.63) is 92.3 Å². The molecule has 4 heterocycles. The van der Waals surface area contributed by atoms with Crippen LogP contribution in [0.2, 0.25) is 0 Å². The molecule has 0 saturated carbocycles. The second-order valence-electron chi connectivity index (χ2n) is 12.3. The van der Waals surface area contributed by atoms with E-state index in [4.69, 9.17) is 9.47 Å². The van der Waals surface area contributed by atoms with Gasteiger partial charge in [-0.2, -0.15) is 13.2 Å². The van der Waals surface area contributed by atoms with Gasteiger partial charge in [0.2, 0.25) is 0 Å². The van der Waals surface area contributed by atoms with Crippen LogP contribution in [0.5, 0.6) is 0 Å². The van der Waals surface area contributed by atoms with Gasteiger partial charge < -0.3 is 24.6 Å². The maximum absolute atomic E-state index is 15.6. The zero-order chi connectivity index (χ0) is 37.7. The Morgan fingerprint density at radius 2 is 1.88 bits per heavy atom. The van der Waals surface area contributed by atoms with E-state index >= 15 is 4.39 Å². The third-order valence-electron chi connectivity index (χ3n) is 9.02. The van der Waals surface area contributed by atoms with Gasteiger partial charge in [-0.15, -0.1) is 0 Å². The first-order valence-electron chi connectivity index (χ1n) is 16.7. The number of morpholine rings is 1. The average Bonchev–Trinajstić information content (AvgIpc) is 3.12. The van der Waals surface area contributed by atoms with Crippen LogP contribution in [0, 0.1) is 12.7 Å². The van der Waals surface area contributed by atoms with Crippen molar-refractivity contribution in [3.8, 4) is 5.82 Å². The Morgan fingerprint density at radius 3 is 2.54 bits per heavy atom. The standard InChI is InChI=1S/C35H39F4N7O6/c1-5-44(6-2)11-14-52-33(49)26(16-22-7-8-29(41-18-22)46-32(48)24-9-10-40-19-27(24)43(4)34(46)50)42-31(47)30-21(3)15-23(17-25(30)36)45-12-13-51-20-28(45)35(37,38)39/h7-10,15,17-19,26,28H,5-6,11-14,16,20H2,1-4H3,(H,42,47)/t26-,28+/m0/s1. The maximum Gasteiger partial charge on any atom is 0.411 e. The molecule has 1 amide bonds. The third-order valence-corrected chi connectivity index (χ3v) is 9.02. The topological polar surface area (TPSA) is 141 Å². The largest absolute Gasteiger partial charge is 0.463 e. The number of aryl methyl sites for hydroxylation is 2. The Balaban J connectivity index is 1.41. The van der Waals surface area contributed by atoms with Crippen LogP contribution in [-0.4, -0.2) is 100 Å². The zero-order valence-corrected chi connectivity index (χ0v) is 29.1. The summed E-state index contributed by atoms with van der Waals surface area (Å²) in [6, 6.07) is 3.24. The van der Waals surface area contributed by atoms with Crippen LogP contribution >= 0.6 is 0 Å². The molecule has 1 fully saturated rings. The average molecular weight is 730 g/mol. The van der Waals surface area contributed by atoms with Gasteiger partial charge in [0.25, 0.3) is 11.5 Å². The lowest BCUT2D eigenvalue weighted by atomic mass is 10.0. The molecule has 0 aliphatic carbocycles. The molecule has 2 atom stereocenters. The van der Waals surface area contributed by atoms with Gasteiger partial charge in [-0.25, -0.2) is 23.5 Å². The Labute approximate surface area is 295 Å². The van der Waals surface area contributed by atoms with Gasteiger partial charge >= 0.3 is 17.8 Å². The third kappa shape index (κ3) is 8.15. The van der Waals surface area contributed by atoms with Gasteiger partial charge in [-0.1, -0.05) is 19.9 Å². The molecule has 3 aromatic heterocycles. The molecule has 0 unspecified atom stereocenters. The van der Waals surface area contributed by atoms with E-state index in [-0.39, 0.29) is 48.6 Å². The van der Waals surface area contributed by atoms with Gasteiger partial charge in [0.1, 0.15) is 30.3 Å². The number of hydrogen-bond donors (Lipinski definition) is 1. The Bertz CT molecular complexity index is 2020. The monoisotopic (exact) mass is 729 g/mol. The highest BCUT2D eigenvalue weighted by atomic mass is 19.4. The van der Waals surface area contributed by atoms with Gasteiger partial charge in [0.15, 0.2) is 0 Å². The van der Waals surface area contributed by atoms with Crippen molar-refractivity contribution in [2.75, 3.05) is 50.9 Å². The van der Waals surface area contributed by atoms with E-state index in [0.717, 1.165) is 28.6 Å². The number of aromatic nitrogens is 4. The van der Waals surface area contributed by atoms with Gasteiger partial charge in [0.05, 0.1) is 35.9 Å². The molecule has 1 aliphatic rings. The lowest BCUT2D eigenvalue weighted by molar-refractivity contribution is -0.167. The number of likely N-dealkylation sites (N-methyl/N-ethyl adjacent to an activating group) is 1. The predicted molar refractivity (Wildman–Crippen MR) is 183 cm³/mol. The summed E-state index contributed by atoms with van der Waals surface area (Å²) in [5.41, 5.74) is -0.964. The molecule has 0 radical (unpaired) electrons. The summed E-state index contributed by atoms with van der Waals surface area (Å²) in [4.78, 5) is 64.5. The number of pyridine rings is 2. The van der Waals surface area contributed by atoms with Crippen molar-refractivity contribution in [1.29, 1.82) is 0 Å². The minimum atomic E-state index is -4.63. The first kappa shape index (κ1) is 38.1. The van der Waals surface area contributed by atoms with Crippen LogP contribution < -0.4 is 21.5 Å². The van der Waals surface area contributed by atoms with E-state index in [0.29, 0.717) is 17.6 Å². The summed E-state index contributed by atoms with van der Waals surface area (Å²) >= 11 is 0. The summed E-state index contributed by atoms with van der Waals surface area (Å²) in [6.45, 7) is 6.43. The van der Waals surface area contributed by atoms with Gasteiger partial charge in [0, 0.05) is 44.6 Å². The number of nitrogens with zero attached hydrogens (tertiary/aromatic N) is 6. The first-order chi connectivity index (χ1) is 24.7. The van der Waals surface area contributed by atoms with Crippen molar-refractivity contribution in [2.24, 2.45) is 7.05 Å². The molecule has 1 aromatic carbocycles. The van der Waals surface area contributed by atoms with Gasteiger partial charge in [-0.3, -0.25) is 19.1 Å². The number of hydrogen-bond acceptors (Lipinski definition) is 10. The highest BCUT2D eigenvalue weighted by Gasteiger charge is 2.45. The summed E-state index contributed by atoms with van der Waals surface area (Å²) in [6.07, 6.45) is -0.631. The number of amides is 1. The Kier molecular flexibility index (Phi) is 11.7. The molecule has 17 heteroatoms. The Hall–Kier alpha value is -5.16. The molecule has 4 aromatic rings. The molecule has 1 N–H and O–H groups in total. The zero-order valence-electron chi connectivity index (χ0n) is 29.1. The highest BCUT2D eigenvalue weighted by Crippen LogP contribution is 2.33. The Morgan fingerprint density at radius 1 is 1.13 bits per heavy atom. The number of carbonyl (C=O) groups excluding carboxylic acids is 2. The van der Waals surface area contributed by atoms with Crippen LogP contribution in [0.15, 0.2) is 58.5 Å². The number of fused-ring (bicyclic) bond motifs is 1. The second kappa shape index (κ2) is 16.0. The van der Waals surface area contributed by atoms with Crippen molar-refractivity contribution in [2.45, 2.75) is 45.5 Å². The smallest absolute Gasteiger partial charge is 0.411 e. The second-order valence-corrected chi connectivity index (χ2v) is 12.3. The van der Waals surface area contributed by atoms with E-state index in [1.165, 1.54) is 61.4 Å². The molecular formula is C35H39F4N7O6. The normalized spacial score (nSPS) is 15.6. The number of benzene rings is 1. The number of nitrogens with one attached hydrogen (secondary N) is 1. The lowest BCUT2D eigenvalue weighted by Gasteiger charge is -2.38. The number of esters is 1. The molecule has 13 nitrogen and oxygen atoms in total. The number of carbonyl (C=O) groups is 2. The van der Waals surface area contributed by atoms with Gasteiger partial charge in [-0.05, 0) is 55.4 Å². The molecule has 0 spiro atoms. The van der Waals surface area contributed by atoms with E-state index < -0.39 is 59.4 Å². The van der Waals surface area contributed by atoms with E-state index in [9.17, 15) is 32.3 Å². The number of halogens is 4. The molecule has 1 aliphatic heterocycles. The number of alkyl halides is 3. The fraction of sp³-hybridized carbons (Fsp3) is 0.429. The van der Waals surface area contributed by atoms with Crippen LogP contribution in [0.3, 0.4) is 0 Å². The molecular weight excluding hydrogens is 690 g/mol. The summed E-state index contributed by atoms with van der Waals surface area (Å²) < 4.78 is 69.4. The van der Waals surface area contributed by atoms with E-state index in [2.05, 4.69) is 15.3 Å². The SMILES string of the molecule is CCN(CC)CCOC(=O)[C@H](Cc1ccc(-n2c(=O)c3ccncc3n(C)c2=O)nc1)NC(=O)c1c(C)cc(N2CCOC[C@@H]2C(F)(F)F)cc1F. The molecule has 1 saturated heterocycles. The first-order valence-corrected chi connectivity index (χ1v) is 16.7. The summed E-state index contributed by atoms with van der Waals surface area (Å²) in [5.74, 6) is -2.85. The minimum absolute atomic E-state index is 0.00970. The molecule has 0 bridgehead atoms. The van der Waals surface area contributed by atoms with Crippen LogP contribution in [0.4, 0.5) is 23.2 Å². The molecule has 52 heavy (non-hydrogen) atoms. The maximum atomic E-state index is 15.6. The fourth-order valence-electron chi connectivity index (χ4n) is 6.10. The van der Waals surface area contributed by atoms with Crippen molar-refractivity contribution < 1.29 is 36.6 Å². The summed E-state index contributed by atoms with van der Waals surface area (Å²) in [5, 5.41) is 2.78. The van der Waals surface area contributed by atoms with E-state index in [1.54, 1.807) is 0 Å². The van der Waals surface area contributed by atoms with Crippen LogP contribution in [0.25, 0.3) is 16.7 Å². The van der Waals surface area contributed by atoms with Crippen molar-refractivity contribution in [1.82, 2.24) is 29.3 Å². The number of anilines is 1. The van der Waals surface area contributed by atoms with Crippen LogP contribution in [-0.2, 0) is 27.7 Å². The van der Waals surface area contributed by atoms with Crippen molar-refractivity contribution in [3.63, 3.8) is 0 Å². The number of rotatable bonds is 12. The summed E-state index contributed by atoms with van der Waals surface area (Å²) in [7, 11) is 1.50. The lowest BCUT2D eigenvalue weighted by Crippen LogP contribution is -2.53. The minimum Gasteiger partial charge on any atom is -0.463 e. The van der Waals surface area contributed by atoms with Crippen LogP contribution in [0.1, 0.15) is 35.3 Å². The predicted octanol–water partition coefficient (Wildman–Crippen LogP) is 2.92. The molecule has 278 valence electrons. The quantitative estimate of drug-likeness (QED) is 0.171. The fourth-order valence-corrected chi connectivity index (χ4v) is 6.10. The highest BCUT2D eigenvalue weighted by molar-refractivity contribution is 5.98. The van der Waals surface area contributed by atoms with Crippen molar-refractivity contribution >= 4 is 28.5 Å². The number of ether oxygens (including phenoxy) is 2.